The first-order chi connectivity index (χ1) is 8.86. The minimum Gasteiger partial charge on any atom is -0.466 e. The van der Waals surface area contributed by atoms with Crippen LogP contribution in [-0.2, 0) is 4.79 Å². The summed E-state index contributed by atoms with van der Waals surface area (Å²) in [5.74, 6) is -1.39. The summed E-state index contributed by atoms with van der Waals surface area (Å²) >= 11 is 0. The predicted molar refractivity (Wildman–Crippen MR) is 60.7 cm³/mol. The molecule has 2 N–H and O–H groups in total. The van der Waals surface area contributed by atoms with Crippen molar-refractivity contribution in [2.75, 3.05) is 0 Å². The number of carbonyl (C=O) groups excluding carboxylic acids is 1. The van der Waals surface area contributed by atoms with Crippen molar-refractivity contribution < 1.29 is 23.2 Å². The molecule has 0 saturated heterocycles. The number of non-ortho nitro benzene ring substituents is 1. The van der Waals surface area contributed by atoms with Gasteiger partial charge in [0.1, 0.15) is 5.75 Å². The fourth-order valence-electron chi connectivity index (χ4n) is 1.66. The second-order valence-corrected chi connectivity index (χ2v) is 3.87. The van der Waals surface area contributed by atoms with Crippen LogP contribution < -0.4 is 10.5 Å². The van der Waals surface area contributed by atoms with Crippen LogP contribution >= 0.6 is 0 Å². The maximum absolute atomic E-state index is 12.9. The van der Waals surface area contributed by atoms with E-state index in [-0.39, 0.29) is 17.0 Å². The van der Waals surface area contributed by atoms with Gasteiger partial charge in [-0.15, -0.1) is 0 Å². The van der Waals surface area contributed by atoms with Crippen LogP contribution in [0.2, 0.25) is 0 Å². The zero-order valence-electron chi connectivity index (χ0n) is 9.38. The molecule has 0 radical (unpaired) electrons. The normalized spacial score (nSPS) is 20.8. The van der Waals surface area contributed by atoms with Crippen molar-refractivity contribution in [3.8, 4) is 5.75 Å². The fraction of sp³-hybridized carbons (Fsp3) is 0.182. The molecular weight excluding hydrogens is 262 g/mol. The first-order valence-electron chi connectivity index (χ1n) is 5.11. The number of ether oxygens (including phenoxy) is 1. The number of halogens is 2. The van der Waals surface area contributed by atoms with Crippen LogP contribution in [0.4, 0.5) is 14.5 Å². The second-order valence-electron chi connectivity index (χ2n) is 3.87. The number of amides is 1. The number of nitro benzene ring substituents is 1. The molecule has 0 fully saturated rings. The molecular formula is C11H8F2N2O4. The van der Waals surface area contributed by atoms with Crippen molar-refractivity contribution in [3.05, 3.63) is 40.0 Å². The number of nitrogens with zero attached hydrogens (tertiary/aromatic N) is 1. The Hall–Kier alpha value is -2.51. The van der Waals surface area contributed by atoms with Gasteiger partial charge in [-0.2, -0.15) is 0 Å². The molecule has 6 nitrogen and oxygen atoms in total. The van der Waals surface area contributed by atoms with Gasteiger partial charge in [0.15, 0.2) is 0 Å². The largest absolute Gasteiger partial charge is 0.466 e. The van der Waals surface area contributed by atoms with E-state index in [2.05, 4.69) is 0 Å². The lowest BCUT2D eigenvalue weighted by atomic mass is 9.97. The maximum atomic E-state index is 12.9. The Labute approximate surface area is 105 Å². The summed E-state index contributed by atoms with van der Waals surface area (Å²) in [4.78, 5) is 21.1. The summed E-state index contributed by atoms with van der Waals surface area (Å²) in [6, 6.07) is 3.40. The predicted octanol–water partition coefficient (Wildman–Crippen LogP) is 1.49. The van der Waals surface area contributed by atoms with Crippen LogP contribution in [0.1, 0.15) is 5.56 Å². The van der Waals surface area contributed by atoms with Crippen LogP contribution in [-0.4, -0.2) is 22.9 Å². The van der Waals surface area contributed by atoms with Gasteiger partial charge >= 0.3 is 0 Å². The molecule has 2 rings (SSSR count). The van der Waals surface area contributed by atoms with Crippen molar-refractivity contribution in [2.45, 2.75) is 12.0 Å². The average molecular weight is 270 g/mol. The average Bonchev–Trinajstić information content (AvgIpc) is 2.36. The molecule has 1 heterocycles. The first-order valence-corrected chi connectivity index (χ1v) is 5.11. The second kappa shape index (κ2) is 4.30. The topological polar surface area (TPSA) is 95.5 Å². The molecule has 1 aromatic rings. The molecule has 0 spiro atoms. The van der Waals surface area contributed by atoms with Crippen molar-refractivity contribution in [1.29, 1.82) is 0 Å². The molecule has 0 saturated carbocycles. The Morgan fingerprint density at radius 2 is 2.16 bits per heavy atom. The quantitative estimate of drug-likeness (QED) is 0.664. The Bertz CT molecular complexity index is 588. The number of hydrogen-bond donors (Lipinski definition) is 1. The summed E-state index contributed by atoms with van der Waals surface area (Å²) < 4.78 is 30.8. The van der Waals surface area contributed by atoms with Gasteiger partial charge in [-0.05, 0) is 12.1 Å². The maximum Gasteiger partial charge on any atom is 0.290 e. The van der Waals surface area contributed by atoms with Gasteiger partial charge in [-0.1, -0.05) is 6.08 Å². The van der Waals surface area contributed by atoms with Crippen molar-refractivity contribution >= 4 is 17.7 Å². The molecule has 0 bridgehead atoms. The van der Waals surface area contributed by atoms with E-state index in [1.165, 1.54) is 0 Å². The van der Waals surface area contributed by atoms with Crippen LogP contribution in [0.15, 0.2) is 24.3 Å². The van der Waals surface area contributed by atoms with Gasteiger partial charge in [0.25, 0.3) is 23.6 Å². The minimum absolute atomic E-state index is 0.0628. The summed E-state index contributed by atoms with van der Waals surface area (Å²) in [5, 5.41) is 10.6. The number of nitro groups is 1. The van der Waals surface area contributed by atoms with Crippen molar-refractivity contribution in [2.24, 2.45) is 5.73 Å². The number of carbonyl (C=O) groups is 1. The highest BCUT2D eigenvalue weighted by molar-refractivity contribution is 5.89. The zero-order valence-corrected chi connectivity index (χ0v) is 9.38. The van der Waals surface area contributed by atoms with Crippen LogP contribution in [0.5, 0.6) is 5.75 Å². The molecule has 19 heavy (non-hydrogen) atoms. The summed E-state index contributed by atoms with van der Waals surface area (Å²) in [6.45, 7) is 0. The van der Waals surface area contributed by atoms with E-state index in [1.54, 1.807) is 0 Å². The van der Waals surface area contributed by atoms with E-state index in [0.717, 1.165) is 30.4 Å². The highest BCUT2D eigenvalue weighted by atomic mass is 19.3. The third-order valence-corrected chi connectivity index (χ3v) is 2.70. The third-order valence-electron chi connectivity index (χ3n) is 2.70. The Balaban J connectivity index is 2.47. The summed E-state index contributed by atoms with van der Waals surface area (Å²) in [5.41, 5.74) is 2.41. The lowest BCUT2D eigenvalue weighted by molar-refractivity contribution is -0.384. The van der Waals surface area contributed by atoms with Gasteiger partial charge in [-0.25, -0.2) is 8.78 Å². The smallest absolute Gasteiger partial charge is 0.290 e. The van der Waals surface area contributed by atoms with E-state index in [9.17, 15) is 23.7 Å². The molecule has 100 valence electrons. The highest BCUT2D eigenvalue weighted by Gasteiger charge is 2.48. The summed E-state index contributed by atoms with van der Waals surface area (Å²) in [6.07, 6.45) is -1.18. The number of alkyl halides is 2. The number of rotatable bonds is 3. The van der Waals surface area contributed by atoms with E-state index in [0.29, 0.717) is 0 Å². The third kappa shape index (κ3) is 2.01. The SMILES string of the molecule is NC(=O)C1(C(F)F)C=Cc2cc([N+](=O)[O-])ccc2O1. The van der Waals surface area contributed by atoms with Gasteiger partial charge in [-0.3, -0.25) is 14.9 Å². The molecule has 1 aromatic carbocycles. The van der Waals surface area contributed by atoms with E-state index in [4.69, 9.17) is 10.5 Å². The van der Waals surface area contributed by atoms with Crippen LogP contribution in [0.3, 0.4) is 0 Å². The lowest BCUT2D eigenvalue weighted by Crippen LogP contribution is -2.54. The molecule has 1 atom stereocenters. The van der Waals surface area contributed by atoms with Gasteiger partial charge < -0.3 is 10.5 Å². The van der Waals surface area contributed by atoms with E-state index >= 15 is 0 Å². The van der Waals surface area contributed by atoms with E-state index in [1.807, 2.05) is 0 Å². The van der Waals surface area contributed by atoms with E-state index < -0.39 is 22.9 Å². The number of nitrogens with two attached hydrogens (primary N) is 1. The minimum atomic E-state index is -3.15. The Morgan fingerprint density at radius 3 is 2.68 bits per heavy atom. The first kappa shape index (κ1) is 12.9. The lowest BCUT2D eigenvalue weighted by Gasteiger charge is -2.31. The zero-order chi connectivity index (χ0) is 14.2. The molecule has 0 aromatic heterocycles. The molecule has 1 aliphatic heterocycles. The molecule has 1 unspecified atom stereocenters. The van der Waals surface area contributed by atoms with Gasteiger partial charge in [0.05, 0.1) is 4.92 Å². The molecule has 8 heteroatoms. The number of benzene rings is 1. The number of fused-ring (bicyclic) bond motifs is 1. The number of hydrogen-bond acceptors (Lipinski definition) is 4. The molecule has 1 aliphatic rings. The Kier molecular flexibility index (Phi) is 2.93. The van der Waals surface area contributed by atoms with Crippen LogP contribution in [0, 0.1) is 10.1 Å². The van der Waals surface area contributed by atoms with Gasteiger partial charge in [0, 0.05) is 17.7 Å². The standard InChI is InChI=1S/C11H8F2N2O4/c12-9(13)11(10(14)16)4-3-6-5-7(15(17)18)1-2-8(6)19-11/h1-5,9H,(H2,14,16). The molecule has 0 aliphatic carbocycles. The van der Waals surface area contributed by atoms with Crippen LogP contribution in [0.25, 0.3) is 6.08 Å². The van der Waals surface area contributed by atoms with Crippen molar-refractivity contribution in [3.63, 3.8) is 0 Å². The Morgan fingerprint density at radius 1 is 1.47 bits per heavy atom. The van der Waals surface area contributed by atoms with Gasteiger partial charge in [0.2, 0.25) is 0 Å². The monoisotopic (exact) mass is 270 g/mol. The fourth-order valence-corrected chi connectivity index (χ4v) is 1.66. The summed E-state index contributed by atoms with van der Waals surface area (Å²) in [7, 11) is 0. The molecule has 1 amide bonds. The number of primary amides is 1. The van der Waals surface area contributed by atoms with Crippen molar-refractivity contribution in [1.82, 2.24) is 0 Å². The highest BCUT2D eigenvalue weighted by Crippen LogP contribution is 2.36.